The second kappa shape index (κ2) is 4.98. The highest BCUT2D eigenvalue weighted by atomic mass is 16.5. The number of carboxylic acid groups (broad SMARTS) is 1. The third kappa shape index (κ3) is 2.64. The van der Waals surface area contributed by atoms with Crippen molar-refractivity contribution in [1.82, 2.24) is 4.90 Å². The maximum atomic E-state index is 11.2. The van der Waals surface area contributed by atoms with Gasteiger partial charge in [0.2, 0.25) is 0 Å². The normalized spacial score (nSPS) is 24.1. The molecule has 1 N–H and O–H groups in total. The van der Waals surface area contributed by atoms with Crippen molar-refractivity contribution >= 4 is 5.97 Å². The predicted octanol–water partition coefficient (Wildman–Crippen LogP) is 1.99. The Morgan fingerprint density at radius 1 is 1.44 bits per heavy atom. The van der Waals surface area contributed by atoms with E-state index in [0.29, 0.717) is 6.54 Å². The Morgan fingerprint density at radius 3 is 2.61 bits per heavy atom. The molecule has 1 aliphatic rings. The summed E-state index contributed by atoms with van der Waals surface area (Å²) in [6.45, 7) is 4.08. The molecule has 1 aromatic carbocycles. The van der Waals surface area contributed by atoms with Gasteiger partial charge in [-0.2, -0.15) is 0 Å². The summed E-state index contributed by atoms with van der Waals surface area (Å²) in [5, 5.41) is 9.18. The van der Waals surface area contributed by atoms with Crippen LogP contribution in [-0.4, -0.2) is 36.2 Å². The molecule has 18 heavy (non-hydrogen) atoms. The van der Waals surface area contributed by atoms with Gasteiger partial charge in [0.1, 0.15) is 5.75 Å². The average molecular weight is 249 g/mol. The number of ether oxygens (including phenoxy) is 1. The molecule has 0 saturated carbocycles. The van der Waals surface area contributed by atoms with E-state index in [1.807, 2.05) is 31.2 Å². The summed E-state index contributed by atoms with van der Waals surface area (Å²) in [6.07, 6.45) is 0.721. The van der Waals surface area contributed by atoms with Crippen LogP contribution in [0.2, 0.25) is 0 Å². The van der Waals surface area contributed by atoms with E-state index in [-0.39, 0.29) is 0 Å². The van der Waals surface area contributed by atoms with Gasteiger partial charge in [0.25, 0.3) is 0 Å². The molecule has 0 spiro atoms. The van der Waals surface area contributed by atoms with Gasteiger partial charge < -0.3 is 9.84 Å². The number of nitrogens with zero attached hydrogens (tertiary/aromatic N) is 1. The van der Waals surface area contributed by atoms with Crippen LogP contribution in [-0.2, 0) is 11.3 Å². The maximum Gasteiger partial charge on any atom is 0.310 e. The van der Waals surface area contributed by atoms with Gasteiger partial charge in [0.05, 0.1) is 12.5 Å². The minimum absolute atomic E-state index is 0.591. The molecule has 1 fully saturated rings. The van der Waals surface area contributed by atoms with Gasteiger partial charge in [-0.25, -0.2) is 0 Å². The fourth-order valence-electron chi connectivity index (χ4n) is 2.36. The van der Waals surface area contributed by atoms with Crippen LogP contribution >= 0.6 is 0 Å². The largest absolute Gasteiger partial charge is 0.497 e. The third-order valence-corrected chi connectivity index (χ3v) is 3.63. The van der Waals surface area contributed by atoms with Crippen molar-refractivity contribution in [2.24, 2.45) is 5.41 Å². The van der Waals surface area contributed by atoms with Crippen LogP contribution in [0, 0.1) is 5.41 Å². The Morgan fingerprint density at radius 2 is 2.11 bits per heavy atom. The standard InChI is InChI=1S/C14H19NO3/c1-14(13(16)17)7-8-15(10-14)9-11-3-5-12(18-2)6-4-11/h3-6H,7-10H2,1-2H3,(H,16,17). The molecule has 0 aromatic heterocycles. The Kier molecular flexibility index (Phi) is 3.57. The monoisotopic (exact) mass is 249 g/mol. The zero-order chi connectivity index (χ0) is 13.2. The number of hydrogen-bond donors (Lipinski definition) is 1. The van der Waals surface area contributed by atoms with Gasteiger partial charge in [-0.1, -0.05) is 12.1 Å². The molecule has 0 aliphatic carbocycles. The van der Waals surface area contributed by atoms with Gasteiger partial charge in [-0.3, -0.25) is 9.69 Å². The number of likely N-dealkylation sites (tertiary alicyclic amines) is 1. The molecule has 0 radical (unpaired) electrons. The van der Waals surface area contributed by atoms with Crippen LogP contribution in [0.4, 0.5) is 0 Å². The Hall–Kier alpha value is -1.55. The number of hydrogen-bond acceptors (Lipinski definition) is 3. The van der Waals surface area contributed by atoms with Crippen molar-refractivity contribution in [3.05, 3.63) is 29.8 Å². The molecule has 4 nitrogen and oxygen atoms in total. The van der Waals surface area contributed by atoms with E-state index in [1.54, 1.807) is 7.11 Å². The lowest BCUT2D eigenvalue weighted by molar-refractivity contribution is -0.147. The summed E-state index contributed by atoms with van der Waals surface area (Å²) in [5.74, 6) is 0.148. The Labute approximate surface area is 107 Å². The van der Waals surface area contributed by atoms with Crippen molar-refractivity contribution < 1.29 is 14.6 Å². The van der Waals surface area contributed by atoms with Crippen molar-refractivity contribution in [1.29, 1.82) is 0 Å². The number of carbonyl (C=O) groups is 1. The van der Waals surface area contributed by atoms with Gasteiger partial charge in [-0.05, 0) is 37.6 Å². The van der Waals surface area contributed by atoms with Crippen molar-refractivity contribution in [3.63, 3.8) is 0 Å². The van der Waals surface area contributed by atoms with Crippen LogP contribution in [0.3, 0.4) is 0 Å². The van der Waals surface area contributed by atoms with Gasteiger partial charge in [0, 0.05) is 13.1 Å². The summed E-state index contributed by atoms with van der Waals surface area (Å²) in [4.78, 5) is 13.4. The van der Waals surface area contributed by atoms with Gasteiger partial charge in [0.15, 0.2) is 0 Å². The number of rotatable bonds is 4. The lowest BCUT2D eigenvalue weighted by Gasteiger charge is -2.20. The Balaban J connectivity index is 1.97. The van der Waals surface area contributed by atoms with E-state index in [9.17, 15) is 9.90 Å². The van der Waals surface area contributed by atoms with Crippen LogP contribution in [0.1, 0.15) is 18.9 Å². The predicted molar refractivity (Wildman–Crippen MR) is 68.6 cm³/mol. The first kappa shape index (κ1) is 12.9. The van der Waals surface area contributed by atoms with Crippen LogP contribution in [0.5, 0.6) is 5.75 Å². The summed E-state index contributed by atoms with van der Waals surface area (Å²) < 4.78 is 5.11. The van der Waals surface area contributed by atoms with Crippen LogP contribution in [0.25, 0.3) is 0 Å². The second-order valence-corrected chi connectivity index (χ2v) is 5.17. The first-order valence-corrected chi connectivity index (χ1v) is 6.12. The highest BCUT2D eigenvalue weighted by Gasteiger charge is 2.40. The average Bonchev–Trinajstić information content (AvgIpc) is 2.73. The molecule has 0 amide bonds. The Bertz CT molecular complexity index is 429. The molecule has 1 aliphatic heterocycles. The van der Waals surface area contributed by atoms with E-state index < -0.39 is 11.4 Å². The zero-order valence-electron chi connectivity index (χ0n) is 10.8. The van der Waals surface area contributed by atoms with Crippen LogP contribution < -0.4 is 4.74 Å². The van der Waals surface area contributed by atoms with Crippen molar-refractivity contribution in [2.75, 3.05) is 20.2 Å². The minimum atomic E-state index is -0.695. The SMILES string of the molecule is COc1ccc(CN2CCC(C)(C(=O)O)C2)cc1. The number of methoxy groups -OCH3 is 1. The fourth-order valence-corrected chi connectivity index (χ4v) is 2.36. The highest BCUT2D eigenvalue weighted by Crippen LogP contribution is 2.31. The summed E-state index contributed by atoms with van der Waals surface area (Å²) >= 11 is 0. The zero-order valence-corrected chi connectivity index (χ0v) is 10.8. The number of aliphatic carboxylic acids is 1. The molecule has 1 aromatic rings. The fraction of sp³-hybridized carbons (Fsp3) is 0.500. The number of carboxylic acids is 1. The minimum Gasteiger partial charge on any atom is -0.497 e. The first-order valence-electron chi connectivity index (χ1n) is 6.12. The summed E-state index contributed by atoms with van der Waals surface area (Å²) in [6, 6.07) is 7.91. The first-order chi connectivity index (χ1) is 8.53. The van der Waals surface area contributed by atoms with E-state index in [0.717, 1.165) is 25.3 Å². The third-order valence-electron chi connectivity index (χ3n) is 3.63. The van der Waals surface area contributed by atoms with Gasteiger partial charge >= 0.3 is 5.97 Å². The molecule has 4 heteroatoms. The van der Waals surface area contributed by atoms with E-state index >= 15 is 0 Å². The lowest BCUT2D eigenvalue weighted by Crippen LogP contribution is -2.31. The van der Waals surface area contributed by atoms with Crippen LogP contribution in [0.15, 0.2) is 24.3 Å². The van der Waals surface area contributed by atoms with E-state index in [2.05, 4.69) is 4.90 Å². The van der Waals surface area contributed by atoms with Gasteiger partial charge in [-0.15, -0.1) is 0 Å². The smallest absolute Gasteiger partial charge is 0.310 e. The molecule has 2 rings (SSSR count). The molecule has 1 saturated heterocycles. The second-order valence-electron chi connectivity index (χ2n) is 5.17. The molecule has 1 unspecified atom stereocenters. The topological polar surface area (TPSA) is 49.8 Å². The molecular weight excluding hydrogens is 230 g/mol. The molecule has 1 heterocycles. The molecular formula is C14H19NO3. The summed E-state index contributed by atoms with van der Waals surface area (Å²) in [5.41, 5.74) is 0.595. The van der Waals surface area contributed by atoms with Crippen molar-refractivity contribution in [3.8, 4) is 5.75 Å². The molecule has 0 bridgehead atoms. The lowest BCUT2D eigenvalue weighted by atomic mass is 9.90. The van der Waals surface area contributed by atoms with E-state index in [4.69, 9.17) is 4.74 Å². The molecule has 1 atom stereocenters. The van der Waals surface area contributed by atoms with Crippen molar-refractivity contribution in [2.45, 2.75) is 19.9 Å². The van der Waals surface area contributed by atoms with E-state index in [1.165, 1.54) is 5.56 Å². The highest BCUT2D eigenvalue weighted by molar-refractivity contribution is 5.74. The number of benzene rings is 1. The summed E-state index contributed by atoms with van der Waals surface area (Å²) in [7, 11) is 1.65. The quantitative estimate of drug-likeness (QED) is 0.886. The maximum absolute atomic E-state index is 11.2. The molecule has 98 valence electrons.